The summed E-state index contributed by atoms with van der Waals surface area (Å²) < 4.78 is 15.1. The van der Waals surface area contributed by atoms with Crippen LogP contribution in [0.2, 0.25) is 0 Å². The molecule has 2 amide bonds. The maximum Gasteiger partial charge on any atom is 0.236 e. The summed E-state index contributed by atoms with van der Waals surface area (Å²) in [6, 6.07) is 5.94. The molecule has 7 heteroatoms. The molecule has 1 heterocycles. The van der Waals surface area contributed by atoms with Gasteiger partial charge < -0.3 is 11.1 Å². The standard InChI is InChI=1S/C20H23FN4O2/c1-19(2)9-15(24-18(27)20(7-8-20)17(22)26)14-11-23-25(16(14)10-19)13-5-3-12(21)4-6-13/h3-6,11,15H,7-10H2,1-2H3,(H2,22,26)(H,24,27). The number of amides is 2. The van der Waals surface area contributed by atoms with E-state index in [0.29, 0.717) is 12.8 Å². The highest BCUT2D eigenvalue weighted by Crippen LogP contribution is 2.47. The number of benzene rings is 1. The first-order valence-electron chi connectivity index (χ1n) is 9.15. The smallest absolute Gasteiger partial charge is 0.236 e. The number of nitrogens with one attached hydrogen (secondary N) is 1. The number of nitrogens with two attached hydrogens (primary N) is 1. The molecule has 2 aromatic rings. The molecule has 1 aromatic carbocycles. The van der Waals surface area contributed by atoms with Crippen molar-refractivity contribution in [2.24, 2.45) is 16.6 Å². The summed E-state index contributed by atoms with van der Waals surface area (Å²) in [4.78, 5) is 24.4. The Kier molecular flexibility index (Phi) is 3.87. The molecular weight excluding hydrogens is 347 g/mol. The monoisotopic (exact) mass is 370 g/mol. The van der Waals surface area contributed by atoms with Gasteiger partial charge in [0.15, 0.2) is 0 Å². The Morgan fingerprint density at radius 2 is 1.93 bits per heavy atom. The minimum atomic E-state index is -1.05. The van der Waals surface area contributed by atoms with Gasteiger partial charge in [-0.15, -0.1) is 0 Å². The molecule has 1 saturated carbocycles. The summed E-state index contributed by atoms with van der Waals surface area (Å²) in [5, 5.41) is 7.52. The lowest BCUT2D eigenvalue weighted by molar-refractivity contribution is -0.136. The lowest BCUT2D eigenvalue weighted by atomic mass is 9.74. The average molecular weight is 370 g/mol. The molecule has 142 valence electrons. The van der Waals surface area contributed by atoms with Crippen molar-refractivity contribution >= 4 is 11.8 Å². The normalized spacial score (nSPS) is 22.0. The number of hydrogen-bond acceptors (Lipinski definition) is 3. The van der Waals surface area contributed by atoms with Crippen LogP contribution in [0.15, 0.2) is 30.5 Å². The van der Waals surface area contributed by atoms with Gasteiger partial charge in [0.2, 0.25) is 11.8 Å². The van der Waals surface area contributed by atoms with Crippen LogP contribution in [-0.2, 0) is 16.0 Å². The Bertz CT molecular complexity index is 913. The van der Waals surface area contributed by atoms with Gasteiger partial charge in [-0.1, -0.05) is 13.8 Å². The second kappa shape index (κ2) is 5.90. The van der Waals surface area contributed by atoms with E-state index >= 15 is 0 Å². The zero-order valence-corrected chi connectivity index (χ0v) is 15.5. The third kappa shape index (κ3) is 3.01. The van der Waals surface area contributed by atoms with Gasteiger partial charge in [0, 0.05) is 5.56 Å². The largest absolute Gasteiger partial charge is 0.369 e. The number of carbonyl (C=O) groups is 2. The molecule has 1 unspecified atom stereocenters. The van der Waals surface area contributed by atoms with E-state index in [-0.39, 0.29) is 23.2 Å². The SMILES string of the molecule is CC1(C)Cc2c(cnn2-c2ccc(F)cc2)C(NC(=O)C2(C(N)=O)CC2)C1. The lowest BCUT2D eigenvalue weighted by Crippen LogP contribution is -2.44. The fraction of sp³-hybridized carbons (Fsp3) is 0.450. The third-order valence-electron chi connectivity index (χ3n) is 5.71. The summed E-state index contributed by atoms with van der Waals surface area (Å²) in [6.45, 7) is 4.27. The van der Waals surface area contributed by atoms with Gasteiger partial charge in [0.25, 0.3) is 0 Å². The van der Waals surface area contributed by atoms with Gasteiger partial charge in [-0.05, 0) is 55.4 Å². The van der Waals surface area contributed by atoms with Crippen LogP contribution in [-0.4, -0.2) is 21.6 Å². The molecule has 2 aliphatic rings. The highest BCUT2D eigenvalue weighted by Gasteiger charge is 2.56. The van der Waals surface area contributed by atoms with Crippen molar-refractivity contribution in [3.63, 3.8) is 0 Å². The second-order valence-electron chi connectivity index (χ2n) is 8.45. The van der Waals surface area contributed by atoms with Crippen LogP contribution in [0.5, 0.6) is 0 Å². The molecule has 0 spiro atoms. The van der Waals surface area contributed by atoms with Crippen molar-refractivity contribution in [1.82, 2.24) is 15.1 Å². The second-order valence-corrected chi connectivity index (χ2v) is 8.45. The number of aromatic nitrogens is 2. The first-order chi connectivity index (χ1) is 12.7. The first kappa shape index (κ1) is 17.7. The van der Waals surface area contributed by atoms with E-state index in [1.54, 1.807) is 23.0 Å². The first-order valence-corrected chi connectivity index (χ1v) is 9.15. The number of rotatable bonds is 4. The average Bonchev–Trinajstić information content (AvgIpc) is 3.31. The maximum absolute atomic E-state index is 13.3. The highest BCUT2D eigenvalue weighted by molar-refractivity contribution is 6.07. The molecular formula is C20H23FN4O2. The molecule has 6 nitrogen and oxygen atoms in total. The highest BCUT2D eigenvalue weighted by atomic mass is 19.1. The Morgan fingerprint density at radius 1 is 1.26 bits per heavy atom. The van der Waals surface area contributed by atoms with E-state index in [4.69, 9.17) is 5.73 Å². The van der Waals surface area contributed by atoms with Crippen LogP contribution in [0.25, 0.3) is 5.69 Å². The molecule has 2 aliphatic carbocycles. The third-order valence-corrected chi connectivity index (χ3v) is 5.71. The summed E-state index contributed by atoms with van der Waals surface area (Å²) in [7, 11) is 0. The van der Waals surface area contributed by atoms with Gasteiger partial charge in [-0.2, -0.15) is 5.10 Å². The number of carbonyl (C=O) groups excluding carboxylic acids is 2. The topological polar surface area (TPSA) is 90.0 Å². The molecule has 3 N–H and O–H groups in total. The zero-order valence-electron chi connectivity index (χ0n) is 15.5. The predicted molar refractivity (Wildman–Crippen MR) is 97.4 cm³/mol. The molecule has 4 rings (SSSR count). The van der Waals surface area contributed by atoms with Crippen molar-refractivity contribution in [3.05, 3.63) is 47.5 Å². The van der Waals surface area contributed by atoms with Crippen LogP contribution in [0.4, 0.5) is 4.39 Å². The van der Waals surface area contributed by atoms with Crippen LogP contribution in [0.3, 0.4) is 0 Å². The van der Waals surface area contributed by atoms with E-state index < -0.39 is 11.3 Å². The Labute approximate surface area is 156 Å². The van der Waals surface area contributed by atoms with Gasteiger partial charge in [-0.25, -0.2) is 9.07 Å². The zero-order chi connectivity index (χ0) is 19.4. The molecule has 0 aliphatic heterocycles. The van der Waals surface area contributed by atoms with Crippen LogP contribution >= 0.6 is 0 Å². The molecule has 0 radical (unpaired) electrons. The Balaban J connectivity index is 1.67. The molecule has 1 fully saturated rings. The van der Waals surface area contributed by atoms with Crippen molar-refractivity contribution in [3.8, 4) is 5.69 Å². The lowest BCUT2D eigenvalue weighted by Gasteiger charge is -2.36. The van der Waals surface area contributed by atoms with Crippen molar-refractivity contribution in [2.45, 2.75) is 45.6 Å². The van der Waals surface area contributed by atoms with E-state index in [9.17, 15) is 14.0 Å². The van der Waals surface area contributed by atoms with Gasteiger partial charge >= 0.3 is 0 Å². The molecule has 0 bridgehead atoms. The van der Waals surface area contributed by atoms with Crippen LogP contribution in [0.1, 0.15) is 50.4 Å². The van der Waals surface area contributed by atoms with E-state index in [1.165, 1.54) is 12.1 Å². The summed E-state index contributed by atoms with van der Waals surface area (Å²) in [5.74, 6) is -1.15. The van der Waals surface area contributed by atoms with E-state index in [0.717, 1.165) is 29.8 Å². The van der Waals surface area contributed by atoms with E-state index in [1.807, 2.05) is 0 Å². The van der Waals surface area contributed by atoms with Crippen molar-refractivity contribution < 1.29 is 14.0 Å². The van der Waals surface area contributed by atoms with E-state index in [2.05, 4.69) is 24.3 Å². The maximum atomic E-state index is 13.3. The van der Waals surface area contributed by atoms with Crippen molar-refractivity contribution in [1.29, 1.82) is 0 Å². The Hall–Kier alpha value is -2.70. The summed E-state index contributed by atoms with van der Waals surface area (Å²) >= 11 is 0. The predicted octanol–water partition coefficient (Wildman–Crippen LogP) is 2.41. The fourth-order valence-corrected chi connectivity index (χ4v) is 3.98. The van der Waals surface area contributed by atoms with Gasteiger partial charge in [0.1, 0.15) is 11.2 Å². The van der Waals surface area contributed by atoms with Gasteiger partial charge in [-0.3, -0.25) is 9.59 Å². The Morgan fingerprint density at radius 3 is 2.52 bits per heavy atom. The molecule has 1 aromatic heterocycles. The molecule has 0 saturated heterocycles. The summed E-state index contributed by atoms with van der Waals surface area (Å²) in [6.07, 6.45) is 4.30. The van der Waals surface area contributed by atoms with Crippen LogP contribution < -0.4 is 11.1 Å². The number of nitrogens with zero attached hydrogens (tertiary/aromatic N) is 2. The van der Waals surface area contributed by atoms with Crippen molar-refractivity contribution in [2.75, 3.05) is 0 Å². The number of primary amides is 1. The molecule has 1 atom stereocenters. The summed E-state index contributed by atoms with van der Waals surface area (Å²) in [5.41, 5.74) is 7.03. The van der Waals surface area contributed by atoms with Crippen LogP contribution in [0, 0.1) is 16.6 Å². The minimum Gasteiger partial charge on any atom is -0.369 e. The number of fused-ring (bicyclic) bond motifs is 1. The van der Waals surface area contributed by atoms with Gasteiger partial charge in [0.05, 0.1) is 23.6 Å². The quantitative estimate of drug-likeness (QED) is 0.810. The minimum absolute atomic E-state index is 0.0633. The fourth-order valence-electron chi connectivity index (χ4n) is 3.98. The number of halogens is 1. The molecule has 27 heavy (non-hydrogen) atoms. The number of hydrogen-bond donors (Lipinski definition) is 2.